The van der Waals surface area contributed by atoms with Gasteiger partial charge in [0.05, 0.1) is 11.3 Å². The number of para-hydroxylation sites is 1. The van der Waals surface area contributed by atoms with Crippen LogP contribution in [0, 0.1) is 0 Å². The van der Waals surface area contributed by atoms with Gasteiger partial charge in [0, 0.05) is 25.2 Å². The lowest BCUT2D eigenvalue weighted by Gasteiger charge is -2.15. The fourth-order valence-corrected chi connectivity index (χ4v) is 3.28. The molecule has 1 heterocycles. The first-order valence-corrected chi connectivity index (χ1v) is 9.37. The van der Waals surface area contributed by atoms with Crippen LogP contribution in [0.3, 0.4) is 0 Å². The smallest absolute Gasteiger partial charge is 0.255 e. The van der Waals surface area contributed by atoms with E-state index in [-0.39, 0.29) is 36.6 Å². The van der Waals surface area contributed by atoms with Gasteiger partial charge in [-0.1, -0.05) is 24.3 Å². The Morgan fingerprint density at radius 1 is 0.966 bits per heavy atom. The van der Waals surface area contributed by atoms with E-state index in [1.807, 2.05) is 18.2 Å². The largest absolute Gasteiger partial charge is 0.351 e. The number of likely N-dealkylation sites (tertiary alicyclic amines) is 1. The molecule has 8 heteroatoms. The third-order valence-corrected chi connectivity index (χ3v) is 4.64. The predicted octanol–water partition coefficient (Wildman–Crippen LogP) is 3.07. The highest BCUT2D eigenvalue weighted by molar-refractivity contribution is 6.09. The van der Waals surface area contributed by atoms with Crippen molar-refractivity contribution in [1.29, 1.82) is 0 Å². The molecule has 6 nitrogen and oxygen atoms in total. The molecule has 0 atom stereocenters. The average molecular weight is 439 g/mol. The van der Waals surface area contributed by atoms with Crippen LogP contribution in [-0.2, 0) is 6.54 Å². The van der Waals surface area contributed by atoms with Crippen LogP contribution in [0.5, 0.6) is 0 Å². The topological polar surface area (TPSA) is 87.5 Å². The molecule has 0 radical (unpaired) electrons. The van der Waals surface area contributed by atoms with Gasteiger partial charge in [-0.25, -0.2) is 0 Å². The van der Waals surface area contributed by atoms with Gasteiger partial charge in [0.2, 0.25) is 0 Å². The van der Waals surface area contributed by atoms with Gasteiger partial charge in [0.1, 0.15) is 0 Å². The summed E-state index contributed by atoms with van der Waals surface area (Å²) in [6.07, 6.45) is 2.48. The Morgan fingerprint density at radius 3 is 2.41 bits per heavy atom. The second-order valence-electron chi connectivity index (χ2n) is 6.73. The van der Waals surface area contributed by atoms with Crippen molar-refractivity contribution in [3.05, 3.63) is 65.2 Å². The molecule has 1 aliphatic heterocycles. The van der Waals surface area contributed by atoms with Gasteiger partial charge >= 0.3 is 0 Å². The first kappa shape index (κ1) is 24.9. The Morgan fingerprint density at radius 2 is 1.69 bits per heavy atom. The highest BCUT2D eigenvalue weighted by Crippen LogP contribution is 2.18. The van der Waals surface area contributed by atoms with Gasteiger partial charge in [0.25, 0.3) is 11.8 Å². The van der Waals surface area contributed by atoms with Crippen molar-refractivity contribution in [2.75, 3.05) is 31.5 Å². The third kappa shape index (κ3) is 7.01. The zero-order valence-electron chi connectivity index (χ0n) is 16.2. The minimum absolute atomic E-state index is 0. The van der Waals surface area contributed by atoms with E-state index in [0.29, 0.717) is 29.9 Å². The summed E-state index contributed by atoms with van der Waals surface area (Å²) in [5, 5.41) is 5.59. The number of amides is 2. The van der Waals surface area contributed by atoms with Crippen LogP contribution in [0.2, 0.25) is 0 Å². The third-order valence-electron chi connectivity index (χ3n) is 4.64. The lowest BCUT2D eigenvalue weighted by Crippen LogP contribution is -2.30. The highest BCUT2D eigenvalue weighted by atomic mass is 35.5. The van der Waals surface area contributed by atoms with E-state index in [2.05, 4.69) is 15.5 Å². The number of nitrogens with one attached hydrogen (secondary N) is 2. The quantitative estimate of drug-likeness (QED) is 0.619. The van der Waals surface area contributed by atoms with Gasteiger partial charge in [0.15, 0.2) is 0 Å². The second kappa shape index (κ2) is 12.4. The molecule has 0 bridgehead atoms. The summed E-state index contributed by atoms with van der Waals surface area (Å²) in [5.74, 6) is -0.475. The van der Waals surface area contributed by atoms with Gasteiger partial charge in [-0.15, -0.1) is 24.8 Å². The average Bonchev–Trinajstić information content (AvgIpc) is 3.19. The minimum atomic E-state index is -0.251. The number of nitrogens with zero attached hydrogens (tertiary/aromatic N) is 1. The maximum atomic E-state index is 12.7. The van der Waals surface area contributed by atoms with Crippen LogP contribution in [0.25, 0.3) is 0 Å². The molecule has 0 saturated carbocycles. The summed E-state index contributed by atoms with van der Waals surface area (Å²) in [4.78, 5) is 27.4. The van der Waals surface area contributed by atoms with Crippen molar-refractivity contribution in [2.24, 2.45) is 5.73 Å². The number of benzene rings is 2. The predicted molar refractivity (Wildman–Crippen MR) is 121 cm³/mol. The minimum Gasteiger partial charge on any atom is -0.351 e. The van der Waals surface area contributed by atoms with Crippen molar-refractivity contribution < 1.29 is 9.59 Å². The molecule has 3 rings (SSSR count). The Kier molecular flexibility index (Phi) is 10.7. The summed E-state index contributed by atoms with van der Waals surface area (Å²) in [7, 11) is 0. The molecular formula is C21H28Cl2N4O2. The van der Waals surface area contributed by atoms with Crippen LogP contribution in [-0.4, -0.2) is 42.9 Å². The number of anilines is 1. The Bertz CT molecular complexity index is 811. The number of nitrogens with two attached hydrogens (primary N) is 1. The lowest BCUT2D eigenvalue weighted by atomic mass is 10.1. The first-order chi connectivity index (χ1) is 13.2. The Hall–Kier alpha value is -2.12. The molecule has 1 fully saturated rings. The van der Waals surface area contributed by atoms with Crippen molar-refractivity contribution >= 4 is 42.3 Å². The Balaban J connectivity index is 0.00000210. The summed E-state index contributed by atoms with van der Waals surface area (Å²) >= 11 is 0. The standard InChI is InChI=1S/C21H26N4O2.2ClH/c22-10-11-23-21(27)18-8-1-2-9-19(18)24-20(26)17-7-5-6-16(14-17)15-25-12-3-4-13-25;;/h1-2,5-9,14H,3-4,10-13,15,22H2,(H,23,27)(H,24,26);2*1H. The van der Waals surface area contributed by atoms with Crippen molar-refractivity contribution in [3.63, 3.8) is 0 Å². The van der Waals surface area contributed by atoms with Crippen LogP contribution in [0.1, 0.15) is 39.1 Å². The molecule has 0 unspecified atom stereocenters. The molecule has 2 amide bonds. The summed E-state index contributed by atoms with van der Waals surface area (Å²) < 4.78 is 0. The molecule has 29 heavy (non-hydrogen) atoms. The zero-order valence-corrected chi connectivity index (χ0v) is 17.9. The van der Waals surface area contributed by atoms with E-state index in [1.165, 1.54) is 12.8 Å². The zero-order chi connectivity index (χ0) is 19.1. The number of hydrogen-bond donors (Lipinski definition) is 3. The van der Waals surface area contributed by atoms with Crippen molar-refractivity contribution in [3.8, 4) is 0 Å². The summed E-state index contributed by atoms with van der Waals surface area (Å²) in [5.41, 5.74) is 8.06. The molecule has 1 aliphatic rings. The van der Waals surface area contributed by atoms with E-state index in [9.17, 15) is 9.59 Å². The fraction of sp³-hybridized carbons (Fsp3) is 0.333. The fourth-order valence-electron chi connectivity index (χ4n) is 3.28. The lowest BCUT2D eigenvalue weighted by molar-refractivity contribution is 0.0955. The van der Waals surface area contributed by atoms with E-state index in [4.69, 9.17) is 5.73 Å². The maximum absolute atomic E-state index is 12.7. The number of halogens is 2. The van der Waals surface area contributed by atoms with E-state index in [1.54, 1.807) is 30.3 Å². The number of carbonyl (C=O) groups excluding carboxylic acids is 2. The molecule has 0 aliphatic carbocycles. The maximum Gasteiger partial charge on any atom is 0.255 e. The second-order valence-corrected chi connectivity index (χ2v) is 6.73. The van der Waals surface area contributed by atoms with E-state index >= 15 is 0 Å². The molecule has 4 N–H and O–H groups in total. The van der Waals surface area contributed by atoms with Crippen LogP contribution in [0.15, 0.2) is 48.5 Å². The van der Waals surface area contributed by atoms with Crippen LogP contribution < -0.4 is 16.4 Å². The molecule has 2 aromatic carbocycles. The molecule has 0 aromatic heterocycles. The van der Waals surface area contributed by atoms with Crippen LogP contribution >= 0.6 is 24.8 Å². The SMILES string of the molecule is Cl.Cl.NCCNC(=O)c1ccccc1NC(=O)c1cccc(CN2CCCC2)c1. The van der Waals surface area contributed by atoms with Crippen LogP contribution in [0.4, 0.5) is 5.69 Å². The monoisotopic (exact) mass is 438 g/mol. The van der Waals surface area contributed by atoms with Crippen molar-refractivity contribution in [1.82, 2.24) is 10.2 Å². The molecule has 0 spiro atoms. The van der Waals surface area contributed by atoms with Gasteiger partial charge in [-0.3, -0.25) is 14.5 Å². The summed E-state index contributed by atoms with van der Waals surface area (Å²) in [6, 6.07) is 14.6. The van der Waals surface area contributed by atoms with E-state index < -0.39 is 0 Å². The van der Waals surface area contributed by atoms with Gasteiger partial charge < -0.3 is 16.4 Å². The molecule has 1 saturated heterocycles. The number of carbonyl (C=O) groups is 2. The van der Waals surface area contributed by atoms with Crippen molar-refractivity contribution in [2.45, 2.75) is 19.4 Å². The number of hydrogen-bond acceptors (Lipinski definition) is 4. The van der Waals surface area contributed by atoms with Gasteiger partial charge in [-0.2, -0.15) is 0 Å². The van der Waals surface area contributed by atoms with E-state index in [0.717, 1.165) is 25.2 Å². The highest BCUT2D eigenvalue weighted by Gasteiger charge is 2.15. The van der Waals surface area contributed by atoms with Gasteiger partial charge in [-0.05, 0) is 55.8 Å². The molecule has 158 valence electrons. The molecular weight excluding hydrogens is 411 g/mol. The first-order valence-electron chi connectivity index (χ1n) is 9.37. The number of rotatable bonds is 7. The molecule has 2 aromatic rings. The summed E-state index contributed by atoms with van der Waals surface area (Å²) in [6.45, 7) is 3.84. The Labute approximate surface area is 184 Å². The normalized spacial score (nSPS) is 13.1.